The van der Waals surface area contributed by atoms with Crippen molar-refractivity contribution in [2.45, 2.75) is 221 Å². The van der Waals surface area contributed by atoms with Crippen molar-refractivity contribution in [3.63, 3.8) is 0 Å². The van der Waals surface area contributed by atoms with E-state index in [-0.39, 0.29) is 0 Å². The zero-order chi connectivity index (χ0) is 59.0. The number of hydrogen-bond acceptors (Lipinski definition) is 1. The Kier molecular flexibility index (Phi) is 24.5. The number of imidazole rings is 1. The van der Waals surface area contributed by atoms with Gasteiger partial charge in [0.1, 0.15) is 5.82 Å². The minimum absolute atomic E-state index is 0.997. The van der Waals surface area contributed by atoms with E-state index >= 15 is 0 Å². The van der Waals surface area contributed by atoms with Gasteiger partial charge in [0, 0.05) is 11.3 Å². The molecule has 0 atom stereocenters. The molecule has 9 aromatic rings. The predicted octanol–water partition coefficient (Wildman–Crippen LogP) is 25.3. The van der Waals surface area contributed by atoms with Gasteiger partial charge in [0.05, 0.1) is 11.0 Å². The molecule has 0 aliphatic carbocycles. The number of fused-ring (bicyclic) bond motifs is 1. The van der Waals surface area contributed by atoms with Gasteiger partial charge >= 0.3 is 0 Å². The van der Waals surface area contributed by atoms with Crippen LogP contribution in [0.15, 0.2) is 170 Å². The van der Waals surface area contributed by atoms with Gasteiger partial charge in [-0.15, -0.1) is 0 Å². The van der Waals surface area contributed by atoms with Crippen LogP contribution in [0.4, 0.5) is 0 Å². The Morgan fingerprint density at radius 1 is 0.294 bits per heavy atom. The van der Waals surface area contributed by atoms with E-state index in [0.717, 1.165) is 48.2 Å². The van der Waals surface area contributed by atoms with Gasteiger partial charge in [-0.25, -0.2) is 4.98 Å². The molecule has 0 fully saturated rings. The lowest BCUT2D eigenvalue weighted by Gasteiger charge is -2.21. The summed E-state index contributed by atoms with van der Waals surface area (Å²) in [5, 5.41) is 0. The quantitative estimate of drug-likeness (QED) is 0.0362. The van der Waals surface area contributed by atoms with E-state index < -0.39 is 0 Å². The summed E-state index contributed by atoms with van der Waals surface area (Å²) in [4.78, 5) is 5.61. The number of benzene rings is 8. The summed E-state index contributed by atoms with van der Waals surface area (Å²) in [6.07, 6.45) is 35.2. The number of unbranched alkanes of at least 4 members (excludes halogenated alkanes) is 20. The van der Waals surface area contributed by atoms with E-state index in [2.05, 4.69) is 216 Å². The molecule has 444 valence electrons. The first-order valence-corrected chi connectivity index (χ1v) is 34.1. The molecule has 0 bridgehead atoms. The summed E-state index contributed by atoms with van der Waals surface area (Å²) in [5.41, 5.74) is 26.4. The van der Waals surface area contributed by atoms with Crippen molar-refractivity contribution in [3.05, 3.63) is 203 Å². The standard InChI is InChI=1S/C83H102N2/c1-7-11-15-19-23-28-41-65-60-79(67(55-64(65)6)42-29-24-20-16-12-8-2)72-57-73(59-74(58-72)83-84-81-52-36-37-53-82(81)85(83)75-48-32-27-33-49-75)80-62-70(43-30-25-21-17-13-9-3)78(61-71(80)44-31-26-22-18-14-10-4)69-47-39-46-68(56-69)77-51-35-34-50-76(77)66-45-38-40-63(5)54-66/h27,32-40,45-62H,7-26,28-31,41-44H2,1-6H3. The Hall–Kier alpha value is -6.77. The lowest BCUT2D eigenvalue weighted by molar-refractivity contribution is 0.605. The second kappa shape index (κ2) is 33.2. The van der Waals surface area contributed by atoms with Crippen LogP contribution in [0.1, 0.15) is 215 Å². The first-order chi connectivity index (χ1) is 41.9. The fraction of sp³-hybridized carbons (Fsp3) is 0.410. The van der Waals surface area contributed by atoms with Crippen LogP contribution in [-0.4, -0.2) is 9.55 Å². The summed E-state index contributed by atoms with van der Waals surface area (Å²) in [6, 6.07) is 65.5. The van der Waals surface area contributed by atoms with Crippen LogP contribution in [0.3, 0.4) is 0 Å². The van der Waals surface area contributed by atoms with Crippen LogP contribution < -0.4 is 0 Å². The Morgan fingerprint density at radius 2 is 0.682 bits per heavy atom. The molecule has 0 unspecified atom stereocenters. The summed E-state index contributed by atoms with van der Waals surface area (Å²) < 4.78 is 2.42. The molecule has 0 spiro atoms. The summed E-state index contributed by atoms with van der Waals surface area (Å²) >= 11 is 0. The highest BCUT2D eigenvalue weighted by atomic mass is 15.1. The first kappa shape index (κ1) is 62.8. The molecule has 0 N–H and O–H groups in total. The van der Waals surface area contributed by atoms with Crippen LogP contribution in [-0.2, 0) is 25.7 Å². The largest absolute Gasteiger partial charge is 0.292 e. The zero-order valence-electron chi connectivity index (χ0n) is 53.4. The second-order valence-electron chi connectivity index (χ2n) is 25.1. The Labute approximate surface area is 515 Å². The topological polar surface area (TPSA) is 17.8 Å². The van der Waals surface area contributed by atoms with Gasteiger partial charge in [-0.05, 0) is 197 Å². The monoisotopic (exact) mass is 1130 g/mol. The smallest absolute Gasteiger partial charge is 0.145 e. The molecule has 0 saturated heterocycles. The van der Waals surface area contributed by atoms with E-state index in [9.17, 15) is 0 Å². The van der Waals surface area contributed by atoms with Gasteiger partial charge in [0.15, 0.2) is 0 Å². The SMILES string of the molecule is CCCCCCCCc1cc(-c2cc(-c3cc(CCCCCCCC)c(-c4cccc(-c5ccccc5-c5cccc(C)c5)c4)cc3CCCCCCCC)cc(-c3nc4ccccc4n3-c3ccccc3)c2)c(CCCCCCCC)cc1C. The fourth-order valence-corrected chi connectivity index (χ4v) is 13.4. The molecule has 1 aromatic heterocycles. The van der Waals surface area contributed by atoms with Gasteiger partial charge in [-0.1, -0.05) is 283 Å². The number of hydrogen-bond donors (Lipinski definition) is 0. The molecule has 1 heterocycles. The van der Waals surface area contributed by atoms with E-state index in [1.165, 1.54) is 249 Å². The van der Waals surface area contributed by atoms with E-state index in [4.69, 9.17) is 4.98 Å². The highest BCUT2D eigenvalue weighted by molar-refractivity contribution is 5.90. The number of rotatable bonds is 35. The van der Waals surface area contributed by atoms with Crippen molar-refractivity contribution >= 4 is 11.0 Å². The lowest BCUT2D eigenvalue weighted by atomic mass is 9.84. The number of para-hydroxylation sites is 3. The molecular weight excluding hydrogens is 1020 g/mol. The fourth-order valence-electron chi connectivity index (χ4n) is 13.4. The second-order valence-corrected chi connectivity index (χ2v) is 25.1. The van der Waals surface area contributed by atoms with Crippen LogP contribution in [0.5, 0.6) is 0 Å². The molecule has 85 heavy (non-hydrogen) atoms. The number of aryl methyl sites for hydroxylation is 6. The van der Waals surface area contributed by atoms with Crippen molar-refractivity contribution in [1.82, 2.24) is 9.55 Å². The Morgan fingerprint density at radius 3 is 1.21 bits per heavy atom. The van der Waals surface area contributed by atoms with Crippen LogP contribution in [0.2, 0.25) is 0 Å². The average molecular weight is 1130 g/mol. The molecule has 0 saturated carbocycles. The van der Waals surface area contributed by atoms with Crippen molar-refractivity contribution in [3.8, 4) is 72.7 Å². The highest BCUT2D eigenvalue weighted by Gasteiger charge is 2.22. The minimum Gasteiger partial charge on any atom is -0.292 e. The molecular formula is C83H102N2. The van der Waals surface area contributed by atoms with Crippen molar-refractivity contribution in [2.24, 2.45) is 0 Å². The van der Waals surface area contributed by atoms with Crippen LogP contribution >= 0.6 is 0 Å². The third-order valence-electron chi connectivity index (χ3n) is 18.2. The molecule has 2 heteroatoms. The normalized spacial score (nSPS) is 11.6. The number of nitrogens with zero attached hydrogens (tertiary/aromatic N) is 2. The van der Waals surface area contributed by atoms with Crippen LogP contribution in [0.25, 0.3) is 83.7 Å². The van der Waals surface area contributed by atoms with Gasteiger partial charge in [-0.3, -0.25) is 4.57 Å². The van der Waals surface area contributed by atoms with E-state index in [1.54, 1.807) is 0 Å². The molecule has 0 radical (unpaired) electrons. The van der Waals surface area contributed by atoms with Crippen molar-refractivity contribution in [2.75, 3.05) is 0 Å². The summed E-state index contributed by atoms with van der Waals surface area (Å²) in [5.74, 6) is 0.997. The molecule has 0 aliphatic heterocycles. The minimum atomic E-state index is 0.997. The van der Waals surface area contributed by atoms with Gasteiger partial charge in [0.25, 0.3) is 0 Å². The maximum Gasteiger partial charge on any atom is 0.145 e. The van der Waals surface area contributed by atoms with E-state index in [0.29, 0.717) is 0 Å². The molecule has 8 aromatic carbocycles. The molecule has 2 nitrogen and oxygen atoms in total. The van der Waals surface area contributed by atoms with Crippen molar-refractivity contribution in [1.29, 1.82) is 0 Å². The first-order valence-electron chi connectivity index (χ1n) is 34.1. The lowest BCUT2D eigenvalue weighted by Crippen LogP contribution is -2.02. The van der Waals surface area contributed by atoms with E-state index in [1.807, 2.05) is 0 Å². The zero-order valence-corrected chi connectivity index (χ0v) is 53.4. The maximum atomic E-state index is 5.61. The summed E-state index contributed by atoms with van der Waals surface area (Å²) in [6.45, 7) is 13.9. The number of aromatic nitrogens is 2. The Bertz CT molecular complexity index is 3480. The highest BCUT2D eigenvalue weighted by Crippen LogP contribution is 2.43. The van der Waals surface area contributed by atoms with Gasteiger partial charge < -0.3 is 0 Å². The molecule has 0 amide bonds. The van der Waals surface area contributed by atoms with Gasteiger partial charge in [0.2, 0.25) is 0 Å². The van der Waals surface area contributed by atoms with Crippen molar-refractivity contribution < 1.29 is 0 Å². The molecule has 0 aliphatic rings. The Balaban J connectivity index is 1.26. The third-order valence-corrected chi connectivity index (χ3v) is 18.2. The summed E-state index contributed by atoms with van der Waals surface area (Å²) in [7, 11) is 0. The maximum absolute atomic E-state index is 5.61. The van der Waals surface area contributed by atoms with Gasteiger partial charge in [-0.2, -0.15) is 0 Å². The third kappa shape index (κ3) is 17.2. The average Bonchev–Trinajstić information content (AvgIpc) is 3.12. The van der Waals surface area contributed by atoms with Crippen LogP contribution in [0, 0.1) is 13.8 Å². The predicted molar refractivity (Wildman–Crippen MR) is 371 cm³/mol. The molecule has 9 rings (SSSR count).